The van der Waals surface area contributed by atoms with Gasteiger partial charge in [0, 0.05) is 262 Å². The molecule has 0 aliphatic carbocycles. The van der Waals surface area contributed by atoms with E-state index >= 15 is 0 Å². The van der Waals surface area contributed by atoms with E-state index in [0.29, 0.717) is 0 Å². The van der Waals surface area contributed by atoms with Crippen LogP contribution in [-0.2, 0) is 309 Å². The Labute approximate surface area is 653 Å². The van der Waals surface area contributed by atoms with Gasteiger partial charge in [0.25, 0.3) is 0 Å². The van der Waals surface area contributed by atoms with Gasteiger partial charge >= 0.3 is 0 Å². The zero-order valence-electron chi connectivity index (χ0n) is 35.0. The van der Waals surface area contributed by atoms with Gasteiger partial charge in [-0.2, -0.15) is 0 Å². The van der Waals surface area contributed by atoms with E-state index in [-0.39, 0.29) is 526 Å². The average Bonchev–Trinajstić information content (AvgIpc) is 2.90. The number of hydrogen-bond donors (Lipinski definition) is 0. The minimum atomic E-state index is -0.529. The first kappa shape index (κ1) is 229. The number of hydrogen-bond acceptors (Lipinski definition) is 10. The van der Waals surface area contributed by atoms with Crippen LogP contribution >= 0.6 is 0 Å². The molecule has 440 valence electrons. The first-order valence-corrected chi connectivity index (χ1v) is 12.4. The Kier molecular flexibility index (Phi) is 591. The second-order valence-corrected chi connectivity index (χ2v) is 7.32. The van der Waals surface area contributed by atoms with Crippen LogP contribution in [0, 0.1) is 115 Å². The molecule has 0 heterocycles. The molecule has 6 atom stereocenters. The van der Waals surface area contributed by atoms with Crippen molar-refractivity contribution in [2.24, 2.45) is 0 Å². The van der Waals surface area contributed by atoms with Crippen LogP contribution in [-0.4, -0.2) is 123 Å². The third kappa shape index (κ3) is 124. The van der Waals surface area contributed by atoms with E-state index in [1.165, 1.54) is 0 Å². The minimum Gasteiger partial charge on any atom is -0.411 e. The van der Waals surface area contributed by atoms with E-state index in [4.69, 9.17) is 47.4 Å². The fourth-order valence-corrected chi connectivity index (χ4v) is 3.52. The Morgan fingerprint density at radius 3 is 0.493 bits per heavy atom. The van der Waals surface area contributed by atoms with E-state index in [1.807, 2.05) is 0 Å². The molecule has 0 saturated carbocycles. The van der Waals surface area contributed by atoms with Gasteiger partial charge in [-0.1, -0.05) is 172 Å². The summed E-state index contributed by atoms with van der Waals surface area (Å²) in [5, 5.41) is 0. The van der Waals surface area contributed by atoms with Crippen LogP contribution in [0.15, 0.2) is 0 Å². The number of ether oxygens (including phenoxy) is 10. The van der Waals surface area contributed by atoms with Crippen LogP contribution in [0.4, 0.5) is 0 Å². The van der Waals surface area contributed by atoms with Gasteiger partial charge in [0.2, 0.25) is 0 Å². The summed E-state index contributed by atoms with van der Waals surface area (Å²) in [6.45, 7) is 32.5. The maximum Gasteiger partial charge on any atom is 0.146 e. The maximum atomic E-state index is 5.81. The summed E-state index contributed by atoms with van der Waals surface area (Å²) < 4.78 is 57.0. The zero-order chi connectivity index (χ0) is 27.7. The Morgan fingerprint density at radius 2 is 0.362 bits per heavy atom. The fourth-order valence-electron chi connectivity index (χ4n) is 3.52. The summed E-state index contributed by atoms with van der Waals surface area (Å²) in [6.07, 6.45) is -3.00. The van der Waals surface area contributed by atoms with Crippen molar-refractivity contribution in [2.45, 2.75) is 155 Å². The van der Waals surface area contributed by atoms with Gasteiger partial charge in [-0.3, -0.25) is 0 Å². The molecular weight excluding hydrogens is 1480 g/mol. The Balaban J connectivity index is -0.0000000131. The molecule has 0 amide bonds. The van der Waals surface area contributed by atoms with Gasteiger partial charge < -0.3 is 162 Å². The van der Waals surface area contributed by atoms with Crippen LogP contribution in [0.5, 0.6) is 0 Å². The van der Waals surface area contributed by atoms with Crippen molar-refractivity contribution < 1.29 is 309 Å². The quantitative estimate of drug-likeness (QED) is 0.0428. The predicted octanol–water partition coefficient (Wildman–Crippen LogP) is 15.8. The first-order chi connectivity index (χ1) is 18.1. The zero-order valence-corrected chi connectivity index (χ0v) is 57.7. The van der Waals surface area contributed by atoms with E-state index < -0.39 is 36.6 Å². The molecule has 0 rings (SSSR count). The van der Waals surface area contributed by atoms with Gasteiger partial charge in [0.05, 0.1) is 26.4 Å². The molecule has 0 aromatic rings. The summed E-state index contributed by atoms with van der Waals surface area (Å²) >= 11 is 0. The molecule has 0 aliphatic rings. The molecule has 0 aromatic heterocycles. The minimum absolute atomic E-state index is 0. The molecule has 0 N–H and O–H groups in total. The van der Waals surface area contributed by atoms with Crippen molar-refractivity contribution in [3.63, 3.8) is 0 Å². The summed E-state index contributed by atoms with van der Waals surface area (Å²) in [6, 6.07) is 0. The monoisotopic (exact) mass is 1620 g/mol. The fraction of sp³-hybridized carbons (Fsp3) is 0.686. The molecule has 0 fully saturated rings. The van der Waals surface area contributed by atoms with Crippen LogP contribution in [0.3, 0.4) is 0 Å². The third-order valence-electron chi connectivity index (χ3n) is 5.00. The third-order valence-corrected chi connectivity index (χ3v) is 5.00. The molecule has 69 heavy (non-hydrogen) atoms. The van der Waals surface area contributed by atoms with Gasteiger partial charge in [0.1, 0.15) is 43.4 Å². The van der Waals surface area contributed by atoms with Crippen LogP contribution in [0.25, 0.3) is 0 Å². The summed E-state index contributed by atoms with van der Waals surface area (Å²) in [4.78, 5) is 0. The van der Waals surface area contributed by atoms with E-state index in [9.17, 15) is 0 Å². The smallest absolute Gasteiger partial charge is 0.146 e. The van der Waals surface area contributed by atoms with Crippen molar-refractivity contribution >= 4 is 0 Å². The van der Waals surface area contributed by atoms with E-state index in [2.05, 4.69) is 55.4 Å². The summed E-state index contributed by atoms with van der Waals surface area (Å²) in [7, 11) is 0. The average molecular weight is 1620 g/mol. The molecule has 0 aromatic carbocycles. The molecule has 6 unspecified atom stereocenters. The standard InChI is InChI=1S/C27H48O10.16CH4.8CH3.8Y/c1-9-28-17-22(32-11-3)26(36-15-7)24(34-13-5)19-30-21-31-20-25(35-14-6)27(37-16-8)23(33-12-4)18-29-10-2;;;;;;;;;;;;;;;;;;;;;;;;;;;;;;;;/h22-27H,1-21H2;16*1H4;8*1H3;;;;;;;;/q-8;;;;;;;;;;;;;;;;;8*-1;;;;;;;;. The van der Waals surface area contributed by atoms with E-state index in [0.717, 1.165) is 0 Å². The van der Waals surface area contributed by atoms with Crippen molar-refractivity contribution in [1.29, 1.82) is 0 Å². The maximum absolute atomic E-state index is 5.81. The first-order valence-electron chi connectivity index (χ1n) is 12.4. The van der Waals surface area contributed by atoms with Gasteiger partial charge in [-0.15, -0.1) is 0 Å². The normalized spacial score (nSPS) is 9.04. The molecule has 0 aliphatic heterocycles. The molecule has 0 spiro atoms. The summed E-state index contributed by atoms with van der Waals surface area (Å²) in [5.74, 6) is 0. The molecule has 18 heteroatoms. The molecule has 10 nitrogen and oxygen atoms in total. The van der Waals surface area contributed by atoms with Crippen molar-refractivity contribution in [3.8, 4) is 0 Å². The predicted molar refractivity (Wildman–Crippen MR) is 299 cm³/mol. The van der Waals surface area contributed by atoms with Crippen molar-refractivity contribution in [2.75, 3.05) is 86.1 Å². The number of rotatable bonds is 28. The Morgan fingerprint density at radius 1 is 0.217 bits per heavy atom. The topological polar surface area (TPSA) is 92.3 Å². The Hall–Kier alpha value is 8.43. The van der Waals surface area contributed by atoms with Gasteiger partial charge in [-0.05, 0) is 0 Å². The molecular formula is C51H136O10Y8-16. The van der Waals surface area contributed by atoms with Crippen molar-refractivity contribution in [3.05, 3.63) is 115 Å². The molecule has 0 bridgehead atoms. The largest absolute Gasteiger partial charge is 0.411 e. The second kappa shape index (κ2) is 178. The SMILES string of the molecule is C.C.C.C.C.C.C.C.C.C.C.C.C.C.C.C.[CH2-]COCC(OC[CH2-])C(OC[CH2-])C(COCOCC(OC[CH2-])C(OC[CH2-])C(COC[CH2-])OC[CH2-])OC[CH2-].[CH3-].[CH3-].[CH3-].[CH3-].[CH3-].[CH3-].[CH3-].[CH3-].[Y].[Y].[Y].[Y].[Y].[Y].[Y].[Y]. The van der Waals surface area contributed by atoms with Gasteiger partial charge in [0.15, 0.2) is 0 Å². The summed E-state index contributed by atoms with van der Waals surface area (Å²) in [5.41, 5.74) is 0. The van der Waals surface area contributed by atoms with Crippen molar-refractivity contribution in [1.82, 2.24) is 0 Å². The van der Waals surface area contributed by atoms with Crippen LogP contribution < -0.4 is 0 Å². The second-order valence-electron chi connectivity index (χ2n) is 7.32. The van der Waals surface area contributed by atoms with E-state index in [1.54, 1.807) is 0 Å². The van der Waals surface area contributed by atoms with Crippen LogP contribution in [0.2, 0.25) is 0 Å². The van der Waals surface area contributed by atoms with Crippen LogP contribution in [0.1, 0.15) is 119 Å². The molecule has 0 saturated heterocycles. The Bertz CT molecular complexity index is 474. The van der Waals surface area contributed by atoms with Gasteiger partial charge in [-0.25, -0.2) is 0 Å². The molecule has 8 radical (unpaired) electrons.